The first-order valence-electron chi connectivity index (χ1n) is 5.07. The number of hydrogen-bond donors (Lipinski definition) is 0. The van der Waals surface area contributed by atoms with Crippen molar-refractivity contribution in [3.63, 3.8) is 0 Å². The summed E-state index contributed by atoms with van der Waals surface area (Å²) < 4.78 is 6.36. The number of benzene rings is 1. The van der Waals surface area contributed by atoms with Gasteiger partial charge in [0.2, 0.25) is 0 Å². The van der Waals surface area contributed by atoms with Crippen molar-refractivity contribution in [2.24, 2.45) is 0 Å². The summed E-state index contributed by atoms with van der Waals surface area (Å²) in [5.41, 5.74) is 0.807. The van der Waals surface area contributed by atoms with Crippen LogP contribution in [0.4, 0.5) is 0 Å². The molecule has 0 aliphatic carbocycles. The standard InChI is InChI=1S/C13H11NO3/c1-17-12-6-2-4-10(8-12)13(16)14-7-3-5-11(14)9-15/h2-9H,1H3. The van der Waals surface area contributed by atoms with Crippen LogP contribution in [0.5, 0.6) is 5.75 Å². The van der Waals surface area contributed by atoms with E-state index < -0.39 is 0 Å². The number of carbonyl (C=O) groups excluding carboxylic acids is 2. The average Bonchev–Trinajstić information content (AvgIpc) is 2.86. The van der Waals surface area contributed by atoms with E-state index in [1.165, 1.54) is 11.7 Å². The summed E-state index contributed by atoms with van der Waals surface area (Å²) in [7, 11) is 1.54. The Morgan fingerprint density at radius 3 is 2.82 bits per heavy atom. The molecule has 0 saturated heterocycles. The largest absolute Gasteiger partial charge is 0.497 e. The molecule has 0 unspecified atom stereocenters. The van der Waals surface area contributed by atoms with Gasteiger partial charge in [0.15, 0.2) is 6.29 Å². The number of methoxy groups -OCH3 is 1. The number of aldehydes is 1. The predicted molar refractivity (Wildman–Crippen MR) is 62.5 cm³/mol. The average molecular weight is 229 g/mol. The van der Waals surface area contributed by atoms with Gasteiger partial charge in [0, 0.05) is 11.8 Å². The zero-order valence-corrected chi connectivity index (χ0v) is 9.29. The molecule has 0 atom stereocenters. The number of nitrogens with zero attached hydrogens (tertiary/aromatic N) is 1. The molecule has 0 aliphatic rings. The summed E-state index contributed by atoms with van der Waals surface area (Å²) in [6.45, 7) is 0. The smallest absolute Gasteiger partial charge is 0.262 e. The molecule has 4 heteroatoms. The maximum absolute atomic E-state index is 12.1. The zero-order chi connectivity index (χ0) is 12.3. The molecule has 0 spiro atoms. The van der Waals surface area contributed by atoms with Crippen LogP contribution in [0.3, 0.4) is 0 Å². The first kappa shape index (κ1) is 11.1. The Bertz CT molecular complexity index is 557. The van der Waals surface area contributed by atoms with Gasteiger partial charge in [0.1, 0.15) is 5.75 Å². The second kappa shape index (κ2) is 4.65. The van der Waals surface area contributed by atoms with E-state index >= 15 is 0 Å². The van der Waals surface area contributed by atoms with Crippen LogP contribution < -0.4 is 4.74 Å². The van der Waals surface area contributed by atoms with Gasteiger partial charge in [-0.3, -0.25) is 14.2 Å². The molecular weight excluding hydrogens is 218 g/mol. The maximum atomic E-state index is 12.1. The molecule has 2 aromatic rings. The fourth-order valence-corrected chi connectivity index (χ4v) is 1.57. The second-order valence-corrected chi connectivity index (χ2v) is 3.46. The van der Waals surface area contributed by atoms with E-state index in [9.17, 15) is 9.59 Å². The van der Waals surface area contributed by atoms with Crippen molar-refractivity contribution in [1.82, 2.24) is 4.57 Å². The Hall–Kier alpha value is -2.36. The third kappa shape index (κ3) is 2.10. The molecule has 0 N–H and O–H groups in total. The van der Waals surface area contributed by atoms with Gasteiger partial charge in [-0.05, 0) is 30.3 Å². The van der Waals surface area contributed by atoms with Gasteiger partial charge < -0.3 is 4.74 Å². The minimum atomic E-state index is -0.254. The number of ether oxygens (including phenoxy) is 1. The van der Waals surface area contributed by atoms with Gasteiger partial charge in [0.25, 0.3) is 5.91 Å². The van der Waals surface area contributed by atoms with E-state index in [-0.39, 0.29) is 5.91 Å². The van der Waals surface area contributed by atoms with Gasteiger partial charge >= 0.3 is 0 Å². The molecule has 0 saturated carbocycles. The van der Waals surface area contributed by atoms with Gasteiger partial charge in [-0.1, -0.05) is 6.07 Å². The van der Waals surface area contributed by atoms with E-state index in [2.05, 4.69) is 0 Å². The van der Waals surface area contributed by atoms with E-state index in [0.29, 0.717) is 23.3 Å². The fourth-order valence-electron chi connectivity index (χ4n) is 1.57. The topological polar surface area (TPSA) is 48.3 Å². The van der Waals surface area contributed by atoms with Gasteiger partial charge in [-0.15, -0.1) is 0 Å². The molecule has 2 rings (SSSR count). The van der Waals surface area contributed by atoms with Gasteiger partial charge in [-0.25, -0.2) is 0 Å². The van der Waals surface area contributed by atoms with Crippen LogP contribution in [0.1, 0.15) is 20.8 Å². The molecule has 0 bridgehead atoms. The predicted octanol–water partition coefficient (Wildman–Crippen LogP) is 2.00. The van der Waals surface area contributed by atoms with E-state index in [4.69, 9.17) is 4.74 Å². The van der Waals surface area contributed by atoms with Gasteiger partial charge in [0.05, 0.1) is 12.8 Å². The van der Waals surface area contributed by atoms with Crippen LogP contribution in [0.2, 0.25) is 0 Å². The lowest BCUT2D eigenvalue weighted by Gasteiger charge is -2.05. The third-order valence-electron chi connectivity index (χ3n) is 2.44. The van der Waals surface area contributed by atoms with Crippen molar-refractivity contribution in [2.45, 2.75) is 0 Å². The summed E-state index contributed by atoms with van der Waals surface area (Å²) in [5, 5.41) is 0. The molecule has 0 radical (unpaired) electrons. The lowest BCUT2D eigenvalue weighted by atomic mass is 10.2. The second-order valence-electron chi connectivity index (χ2n) is 3.46. The molecule has 0 aliphatic heterocycles. The van der Waals surface area contributed by atoms with Crippen LogP contribution in [0.25, 0.3) is 0 Å². The van der Waals surface area contributed by atoms with Gasteiger partial charge in [-0.2, -0.15) is 0 Å². The fraction of sp³-hybridized carbons (Fsp3) is 0.0769. The minimum absolute atomic E-state index is 0.254. The summed E-state index contributed by atoms with van der Waals surface area (Å²) in [6, 6.07) is 10.0. The van der Waals surface area contributed by atoms with Crippen molar-refractivity contribution in [3.05, 3.63) is 53.9 Å². The lowest BCUT2D eigenvalue weighted by Crippen LogP contribution is -2.13. The number of carbonyl (C=O) groups is 2. The highest BCUT2D eigenvalue weighted by Crippen LogP contribution is 2.14. The Morgan fingerprint density at radius 1 is 1.29 bits per heavy atom. The van der Waals surface area contributed by atoms with E-state index in [1.54, 1.807) is 42.6 Å². The molecule has 1 aromatic carbocycles. The Labute approximate surface area is 98.4 Å². The maximum Gasteiger partial charge on any atom is 0.262 e. The minimum Gasteiger partial charge on any atom is -0.497 e. The summed E-state index contributed by atoms with van der Waals surface area (Å²) in [6.07, 6.45) is 2.21. The highest BCUT2D eigenvalue weighted by atomic mass is 16.5. The highest BCUT2D eigenvalue weighted by molar-refractivity contribution is 5.99. The number of aromatic nitrogens is 1. The van der Waals surface area contributed by atoms with Crippen molar-refractivity contribution in [3.8, 4) is 5.75 Å². The first-order chi connectivity index (χ1) is 8.26. The Kier molecular flexibility index (Phi) is 3.05. The molecule has 4 nitrogen and oxygen atoms in total. The van der Waals surface area contributed by atoms with Crippen LogP contribution >= 0.6 is 0 Å². The molecule has 0 fully saturated rings. The quantitative estimate of drug-likeness (QED) is 0.756. The van der Waals surface area contributed by atoms with Crippen LogP contribution in [0, 0.1) is 0 Å². The normalized spacial score (nSPS) is 9.94. The Morgan fingerprint density at radius 2 is 2.12 bits per heavy atom. The van der Waals surface area contributed by atoms with Crippen molar-refractivity contribution >= 4 is 12.2 Å². The van der Waals surface area contributed by atoms with Crippen LogP contribution in [-0.4, -0.2) is 23.9 Å². The third-order valence-corrected chi connectivity index (χ3v) is 2.44. The van der Waals surface area contributed by atoms with Crippen molar-refractivity contribution in [1.29, 1.82) is 0 Å². The summed E-state index contributed by atoms with van der Waals surface area (Å²) >= 11 is 0. The molecule has 0 amide bonds. The highest BCUT2D eigenvalue weighted by Gasteiger charge is 2.11. The molecule has 17 heavy (non-hydrogen) atoms. The monoisotopic (exact) mass is 229 g/mol. The van der Waals surface area contributed by atoms with Crippen molar-refractivity contribution < 1.29 is 14.3 Å². The lowest BCUT2D eigenvalue weighted by molar-refractivity contribution is 0.0946. The van der Waals surface area contributed by atoms with E-state index in [0.717, 1.165) is 0 Å². The first-order valence-corrected chi connectivity index (χ1v) is 5.07. The number of rotatable bonds is 3. The SMILES string of the molecule is COc1cccc(C(=O)n2cccc2C=O)c1. The number of hydrogen-bond acceptors (Lipinski definition) is 3. The summed E-state index contributed by atoms with van der Waals surface area (Å²) in [5.74, 6) is 0.353. The van der Waals surface area contributed by atoms with Crippen LogP contribution in [0.15, 0.2) is 42.6 Å². The molecule has 1 heterocycles. The van der Waals surface area contributed by atoms with E-state index in [1.807, 2.05) is 0 Å². The molecular formula is C13H11NO3. The Balaban J connectivity index is 2.40. The molecule has 86 valence electrons. The van der Waals surface area contributed by atoms with Crippen LogP contribution in [-0.2, 0) is 0 Å². The zero-order valence-electron chi connectivity index (χ0n) is 9.29. The molecule has 1 aromatic heterocycles. The van der Waals surface area contributed by atoms with Crippen molar-refractivity contribution in [2.75, 3.05) is 7.11 Å². The summed E-state index contributed by atoms with van der Waals surface area (Å²) in [4.78, 5) is 22.9.